The van der Waals surface area contributed by atoms with E-state index in [1.54, 1.807) is 6.07 Å². The number of hydrogen-bond donors (Lipinski definition) is 1. The smallest absolute Gasteiger partial charge is 0.369 e. The fourth-order valence-corrected chi connectivity index (χ4v) is 1.31. The van der Waals surface area contributed by atoms with Crippen molar-refractivity contribution in [2.45, 2.75) is 19.5 Å². The molecule has 0 atom stereocenters. The molecule has 8 heteroatoms. The van der Waals surface area contributed by atoms with Gasteiger partial charge in [0.05, 0.1) is 6.42 Å². The number of rotatable bonds is 5. The number of amides is 1. The van der Waals surface area contributed by atoms with Gasteiger partial charge in [-0.1, -0.05) is 0 Å². The Morgan fingerprint density at radius 1 is 1.37 bits per heavy atom. The molecule has 0 aliphatic rings. The van der Waals surface area contributed by atoms with Crippen molar-refractivity contribution in [2.75, 3.05) is 25.5 Å². The van der Waals surface area contributed by atoms with E-state index in [9.17, 15) is 18.0 Å². The van der Waals surface area contributed by atoms with E-state index in [1.165, 1.54) is 13.1 Å². The Bertz CT molecular complexity index is 419. The highest BCUT2D eigenvalue weighted by molar-refractivity contribution is 5.92. The van der Waals surface area contributed by atoms with Crippen LogP contribution in [0.2, 0.25) is 0 Å². The van der Waals surface area contributed by atoms with Crippen LogP contribution in [0.4, 0.5) is 19.0 Å². The lowest BCUT2D eigenvalue weighted by molar-refractivity contribution is -0.136. The van der Waals surface area contributed by atoms with Crippen LogP contribution in [-0.2, 0) is 0 Å². The second kappa shape index (κ2) is 6.35. The van der Waals surface area contributed by atoms with E-state index < -0.39 is 25.0 Å². The summed E-state index contributed by atoms with van der Waals surface area (Å²) in [6.45, 7) is 2.14. The third-order valence-corrected chi connectivity index (χ3v) is 2.32. The minimum absolute atomic E-state index is 0.0197. The Morgan fingerprint density at radius 3 is 2.53 bits per heavy atom. The van der Waals surface area contributed by atoms with Crippen LogP contribution in [0.3, 0.4) is 0 Å². The predicted molar refractivity (Wildman–Crippen MR) is 63.8 cm³/mol. The molecule has 0 aromatic carbocycles. The largest absolute Gasteiger partial charge is 0.390 e. The molecule has 106 valence electrons. The van der Waals surface area contributed by atoms with Crippen molar-refractivity contribution >= 4 is 11.7 Å². The first kappa shape index (κ1) is 15.2. The van der Waals surface area contributed by atoms with Gasteiger partial charge in [-0.15, -0.1) is 10.2 Å². The van der Waals surface area contributed by atoms with Gasteiger partial charge in [0.1, 0.15) is 5.82 Å². The van der Waals surface area contributed by atoms with Crippen LogP contribution in [0.5, 0.6) is 0 Å². The summed E-state index contributed by atoms with van der Waals surface area (Å²) in [5.74, 6) is -0.0724. The fourth-order valence-electron chi connectivity index (χ4n) is 1.31. The molecule has 0 saturated heterocycles. The molecule has 0 aliphatic carbocycles. The molecular weight excluding hydrogens is 261 g/mol. The van der Waals surface area contributed by atoms with Gasteiger partial charge < -0.3 is 10.2 Å². The quantitative estimate of drug-likeness (QED) is 0.892. The maximum atomic E-state index is 12.0. The van der Waals surface area contributed by atoms with Gasteiger partial charge in [-0.05, 0) is 19.1 Å². The number of anilines is 1. The molecule has 0 fully saturated rings. The topological polar surface area (TPSA) is 58.1 Å². The number of carbonyl (C=O) groups excluding carboxylic acids is 1. The summed E-state index contributed by atoms with van der Waals surface area (Å²) in [5, 5.41) is 10.3. The summed E-state index contributed by atoms with van der Waals surface area (Å²) in [7, 11) is 1.30. The number of nitrogens with one attached hydrogen (secondary N) is 1. The second-order valence-electron chi connectivity index (χ2n) is 3.93. The minimum Gasteiger partial charge on any atom is -0.369 e. The Balaban J connectivity index is 2.61. The van der Waals surface area contributed by atoms with Crippen LogP contribution in [-0.4, -0.2) is 47.3 Å². The maximum absolute atomic E-state index is 12.0. The summed E-state index contributed by atoms with van der Waals surface area (Å²) >= 11 is 0. The molecular formula is C11H15F3N4O. The molecule has 1 heterocycles. The van der Waals surface area contributed by atoms with Gasteiger partial charge >= 0.3 is 6.18 Å². The lowest BCUT2D eigenvalue weighted by Gasteiger charge is -2.17. The zero-order chi connectivity index (χ0) is 14.5. The first-order valence-electron chi connectivity index (χ1n) is 5.73. The van der Waals surface area contributed by atoms with E-state index in [4.69, 9.17) is 0 Å². The zero-order valence-electron chi connectivity index (χ0n) is 10.7. The highest BCUT2D eigenvalue weighted by Gasteiger charge is 2.28. The van der Waals surface area contributed by atoms with Gasteiger partial charge in [-0.3, -0.25) is 4.79 Å². The SMILES string of the molecule is CCNc1ccc(C(=O)N(C)CCC(F)(F)F)nn1. The Kier molecular flexibility index (Phi) is 5.08. The van der Waals surface area contributed by atoms with E-state index in [0.29, 0.717) is 12.4 Å². The molecule has 0 radical (unpaired) electrons. The molecule has 1 aromatic heterocycles. The standard InChI is InChI=1S/C11H15F3N4O/c1-3-15-9-5-4-8(16-17-9)10(19)18(2)7-6-11(12,13)14/h4-5H,3,6-7H2,1-2H3,(H,15,17). The first-order valence-corrected chi connectivity index (χ1v) is 5.73. The average Bonchev–Trinajstić information content (AvgIpc) is 2.35. The molecule has 1 aromatic rings. The molecule has 0 saturated carbocycles. The number of halogens is 3. The van der Waals surface area contributed by atoms with Crippen LogP contribution in [0.1, 0.15) is 23.8 Å². The first-order chi connectivity index (χ1) is 8.83. The average molecular weight is 276 g/mol. The van der Waals surface area contributed by atoms with Crippen LogP contribution in [0.15, 0.2) is 12.1 Å². The van der Waals surface area contributed by atoms with Crippen molar-refractivity contribution in [2.24, 2.45) is 0 Å². The van der Waals surface area contributed by atoms with Crippen LogP contribution >= 0.6 is 0 Å². The van der Waals surface area contributed by atoms with Gasteiger partial charge in [0, 0.05) is 20.1 Å². The van der Waals surface area contributed by atoms with Crippen molar-refractivity contribution in [3.8, 4) is 0 Å². The van der Waals surface area contributed by atoms with Crippen molar-refractivity contribution < 1.29 is 18.0 Å². The van der Waals surface area contributed by atoms with Crippen LogP contribution in [0, 0.1) is 0 Å². The number of aromatic nitrogens is 2. The Labute approximate surface area is 108 Å². The Morgan fingerprint density at radius 2 is 2.05 bits per heavy atom. The van der Waals surface area contributed by atoms with Crippen molar-refractivity contribution in [3.05, 3.63) is 17.8 Å². The summed E-state index contributed by atoms with van der Waals surface area (Å²) < 4.78 is 36.1. The second-order valence-corrected chi connectivity index (χ2v) is 3.93. The van der Waals surface area contributed by atoms with Crippen molar-refractivity contribution in [1.82, 2.24) is 15.1 Å². The molecule has 5 nitrogen and oxygen atoms in total. The molecule has 1 amide bonds. The molecule has 0 unspecified atom stereocenters. The summed E-state index contributed by atoms with van der Waals surface area (Å²) in [6.07, 6.45) is -5.33. The van der Waals surface area contributed by atoms with E-state index in [-0.39, 0.29) is 5.69 Å². The van der Waals surface area contributed by atoms with E-state index in [0.717, 1.165) is 4.90 Å². The van der Waals surface area contributed by atoms with Gasteiger partial charge in [0.25, 0.3) is 5.91 Å². The number of nitrogens with zero attached hydrogens (tertiary/aromatic N) is 3. The van der Waals surface area contributed by atoms with Gasteiger partial charge in [0.15, 0.2) is 5.69 Å². The van der Waals surface area contributed by atoms with Gasteiger partial charge in [-0.2, -0.15) is 13.2 Å². The third kappa shape index (κ3) is 5.11. The number of alkyl halides is 3. The van der Waals surface area contributed by atoms with Crippen molar-refractivity contribution in [3.63, 3.8) is 0 Å². The monoisotopic (exact) mass is 276 g/mol. The molecule has 1 rings (SSSR count). The van der Waals surface area contributed by atoms with Crippen LogP contribution in [0.25, 0.3) is 0 Å². The Hall–Kier alpha value is -1.86. The highest BCUT2D eigenvalue weighted by atomic mass is 19.4. The molecule has 0 aliphatic heterocycles. The zero-order valence-corrected chi connectivity index (χ0v) is 10.7. The minimum atomic E-state index is -4.28. The third-order valence-electron chi connectivity index (χ3n) is 2.32. The molecule has 0 bridgehead atoms. The van der Waals surface area contributed by atoms with Crippen molar-refractivity contribution in [1.29, 1.82) is 0 Å². The number of hydrogen-bond acceptors (Lipinski definition) is 4. The molecule has 19 heavy (non-hydrogen) atoms. The van der Waals surface area contributed by atoms with Crippen LogP contribution < -0.4 is 5.32 Å². The molecule has 0 spiro atoms. The fraction of sp³-hybridized carbons (Fsp3) is 0.545. The van der Waals surface area contributed by atoms with E-state index in [1.807, 2.05) is 6.92 Å². The maximum Gasteiger partial charge on any atom is 0.390 e. The summed E-state index contributed by atoms with van der Waals surface area (Å²) in [4.78, 5) is 12.7. The lowest BCUT2D eigenvalue weighted by atomic mass is 10.3. The van der Waals surface area contributed by atoms with Gasteiger partial charge in [0.2, 0.25) is 0 Å². The molecule has 1 N–H and O–H groups in total. The highest BCUT2D eigenvalue weighted by Crippen LogP contribution is 2.19. The predicted octanol–water partition coefficient (Wildman–Crippen LogP) is 1.93. The normalized spacial score (nSPS) is 11.2. The summed E-state index contributed by atoms with van der Waals surface area (Å²) in [6, 6.07) is 2.98. The van der Waals surface area contributed by atoms with E-state index in [2.05, 4.69) is 15.5 Å². The number of carbonyl (C=O) groups is 1. The van der Waals surface area contributed by atoms with E-state index >= 15 is 0 Å². The summed E-state index contributed by atoms with van der Waals surface area (Å²) in [5.41, 5.74) is 0.0197. The lowest BCUT2D eigenvalue weighted by Crippen LogP contribution is -2.31. The van der Waals surface area contributed by atoms with Gasteiger partial charge in [-0.25, -0.2) is 0 Å².